The van der Waals surface area contributed by atoms with Gasteiger partial charge in [0.25, 0.3) is 0 Å². The molecule has 1 aromatic carbocycles. The Hall–Kier alpha value is -0.0500. The van der Waals surface area contributed by atoms with Gasteiger partial charge in [0, 0.05) is 22.9 Å². The monoisotopic (exact) mass is 289 g/mol. The van der Waals surface area contributed by atoms with Gasteiger partial charge in [-0.25, -0.2) is 0 Å². The minimum Gasteiger partial charge on any atom is -0.310 e. The maximum absolute atomic E-state index is 5.65. The summed E-state index contributed by atoms with van der Waals surface area (Å²) in [6.07, 6.45) is 2.21. The van der Waals surface area contributed by atoms with Crippen molar-refractivity contribution in [1.29, 1.82) is 0 Å². The van der Waals surface area contributed by atoms with Crippen LogP contribution in [0, 0.1) is 0 Å². The third-order valence-electron chi connectivity index (χ3n) is 2.31. The van der Waals surface area contributed by atoms with Crippen molar-refractivity contribution >= 4 is 27.5 Å². The second-order valence-electron chi connectivity index (χ2n) is 3.74. The molecule has 0 aliphatic rings. The van der Waals surface area contributed by atoms with E-state index in [9.17, 15) is 0 Å². The molecule has 0 aromatic heterocycles. The summed E-state index contributed by atoms with van der Waals surface area (Å²) in [6, 6.07) is 8.90. The van der Waals surface area contributed by atoms with E-state index in [-0.39, 0.29) is 0 Å². The zero-order valence-electron chi connectivity index (χ0n) is 8.97. The number of benzene rings is 1. The van der Waals surface area contributed by atoms with Crippen molar-refractivity contribution in [3.63, 3.8) is 0 Å². The van der Waals surface area contributed by atoms with Crippen LogP contribution >= 0.6 is 27.5 Å². The topological polar surface area (TPSA) is 12.0 Å². The summed E-state index contributed by atoms with van der Waals surface area (Å²) < 4.78 is 1.13. The Kier molecular flexibility index (Phi) is 6.30. The van der Waals surface area contributed by atoms with E-state index in [0.717, 1.165) is 29.7 Å². The van der Waals surface area contributed by atoms with E-state index in [0.29, 0.717) is 6.04 Å². The number of halogens is 2. The van der Waals surface area contributed by atoms with Crippen molar-refractivity contribution < 1.29 is 0 Å². The molecule has 0 saturated heterocycles. The molecule has 0 heterocycles. The second-order valence-corrected chi connectivity index (χ2v) is 5.04. The predicted molar refractivity (Wildman–Crippen MR) is 70.4 cm³/mol. The van der Waals surface area contributed by atoms with Crippen LogP contribution in [0.3, 0.4) is 0 Å². The quantitative estimate of drug-likeness (QED) is 0.782. The molecule has 1 rings (SSSR count). The molecule has 15 heavy (non-hydrogen) atoms. The van der Waals surface area contributed by atoms with Gasteiger partial charge in [-0.1, -0.05) is 28.1 Å². The van der Waals surface area contributed by atoms with Gasteiger partial charge in [0.05, 0.1) is 0 Å². The molecule has 0 fully saturated rings. The maximum Gasteiger partial charge on any atom is 0.0224 e. The van der Waals surface area contributed by atoms with Crippen LogP contribution in [0.2, 0.25) is 0 Å². The standard InChI is InChI=1S/C12H17BrClN/c1-10(4-3-7-14)15-9-11-5-2-6-12(13)8-11/h2,5-6,8,10,15H,3-4,7,9H2,1H3. The Morgan fingerprint density at radius 1 is 1.47 bits per heavy atom. The molecule has 1 N–H and O–H groups in total. The third kappa shape index (κ3) is 5.55. The Balaban J connectivity index is 2.30. The SMILES string of the molecule is CC(CCCCl)NCc1cccc(Br)c1. The Bertz CT molecular complexity index is 291. The van der Waals surface area contributed by atoms with Gasteiger partial charge in [0.15, 0.2) is 0 Å². The summed E-state index contributed by atoms with van der Waals surface area (Å²) in [5.41, 5.74) is 1.31. The van der Waals surface area contributed by atoms with Gasteiger partial charge in [-0.05, 0) is 37.5 Å². The lowest BCUT2D eigenvalue weighted by Crippen LogP contribution is -2.25. The summed E-state index contributed by atoms with van der Waals surface area (Å²) in [5.74, 6) is 0.753. The summed E-state index contributed by atoms with van der Waals surface area (Å²) in [6.45, 7) is 3.12. The van der Waals surface area contributed by atoms with E-state index < -0.39 is 0 Å². The molecule has 0 bridgehead atoms. The Morgan fingerprint density at radius 2 is 2.27 bits per heavy atom. The molecule has 1 unspecified atom stereocenters. The van der Waals surface area contributed by atoms with Gasteiger partial charge in [0.2, 0.25) is 0 Å². The number of rotatable bonds is 6. The zero-order chi connectivity index (χ0) is 11.1. The third-order valence-corrected chi connectivity index (χ3v) is 3.07. The fourth-order valence-electron chi connectivity index (χ4n) is 1.42. The smallest absolute Gasteiger partial charge is 0.0224 e. The maximum atomic E-state index is 5.65. The summed E-state index contributed by atoms with van der Waals surface area (Å²) in [5, 5.41) is 3.48. The second kappa shape index (κ2) is 7.26. The van der Waals surface area contributed by atoms with Gasteiger partial charge >= 0.3 is 0 Å². The highest BCUT2D eigenvalue weighted by Crippen LogP contribution is 2.11. The van der Waals surface area contributed by atoms with Gasteiger partial charge in [0.1, 0.15) is 0 Å². The molecule has 3 heteroatoms. The molecule has 0 spiro atoms. The minimum absolute atomic E-state index is 0.530. The lowest BCUT2D eigenvalue weighted by molar-refractivity contribution is 0.509. The molecule has 1 nitrogen and oxygen atoms in total. The highest BCUT2D eigenvalue weighted by molar-refractivity contribution is 9.10. The molecular weight excluding hydrogens is 273 g/mol. The van der Waals surface area contributed by atoms with Crippen molar-refractivity contribution in [1.82, 2.24) is 5.32 Å². The fraction of sp³-hybridized carbons (Fsp3) is 0.500. The van der Waals surface area contributed by atoms with Crippen LogP contribution in [-0.4, -0.2) is 11.9 Å². The van der Waals surface area contributed by atoms with Crippen molar-refractivity contribution in [2.75, 3.05) is 5.88 Å². The van der Waals surface area contributed by atoms with E-state index >= 15 is 0 Å². The highest BCUT2D eigenvalue weighted by atomic mass is 79.9. The van der Waals surface area contributed by atoms with Gasteiger partial charge in [-0.15, -0.1) is 11.6 Å². The van der Waals surface area contributed by atoms with Crippen molar-refractivity contribution in [3.8, 4) is 0 Å². The molecule has 0 aliphatic heterocycles. The van der Waals surface area contributed by atoms with E-state index in [1.165, 1.54) is 5.56 Å². The Labute approximate surface area is 105 Å². The van der Waals surface area contributed by atoms with Gasteiger partial charge in [-0.2, -0.15) is 0 Å². The molecule has 84 valence electrons. The van der Waals surface area contributed by atoms with E-state index in [4.69, 9.17) is 11.6 Å². The highest BCUT2D eigenvalue weighted by Gasteiger charge is 2.00. The number of hydrogen-bond acceptors (Lipinski definition) is 1. The fourth-order valence-corrected chi connectivity index (χ4v) is 2.03. The van der Waals surface area contributed by atoms with Crippen LogP contribution in [0.5, 0.6) is 0 Å². The van der Waals surface area contributed by atoms with Crippen molar-refractivity contribution in [3.05, 3.63) is 34.3 Å². The number of hydrogen-bond donors (Lipinski definition) is 1. The lowest BCUT2D eigenvalue weighted by atomic mass is 10.1. The van der Waals surface area contributed by atoms with Crippen LogP contribution in [-0.2, 0) is 6.54 Å². The van der Waals surface area contributed by atoms with Crippen LogP contribution in [0.15, 0.2) is 28.7 Å². The Morgan fingerprint density at radius 3 is 2.93 bits per heavy atom. The van der Waals surface area contributed by atoms with Gasteiger partial charge in [-0.3, -0.25) is 0 Å². The van der Waals surface area contributed by atoms with Crippen molar-refractivity contribution in [2.24, 2.45) is 0 Å². The molecular formula is C12H17BrClN. The first kappa shape index (κ1) is 13.0. The predicted octanol–water partition coefficient (Wildman–Crippen LogP) is 3.95. The first-order valence-corrected chi connectivity index (χ1v) is 6.59. The summed E-state index contributed by atoms with van der Waals surface area (Å²) in [7, 11) is 0. The van der Waals surface area contributed by atoms with Crippen LogP contribution < -0.4 is 5.32 Å². The van der Waals surface area contributed by atoms with Crippen LogP contribution in [0.25, 0.3) is 0 Å². The van der Waals surface area contributed by atoms with E-state index in [1.54, 1.807) is 0 Å². The largest absolute Gasteiger partial charge is 0.310 e. The van der Waals surface area contributed by atoms with Crippen molar-refractivity contribution in [2.45, 2.75) is 32.4 Å². The average Bonchev–Trinajstić information content (AvgIpc) is 2.23. The average molecular weight is 291 g/mol. The molecule has 1 aromatic rings. The first-order chi connectivity index (χ1) is 7.22. The lowest BCUT2D eigenvalue weighted by Gasteiger charge is -2.13. The van der Waals surface area contributed by atoms with Crippen LogP contribution in [0.1, 0.15) is 25.3 Å². The number of nitrogens with one attached hydrogen (secondary N) is 1. The van der Waals surface area contributed by atoms with E-state index in [2.05, 4.69) is 46.4 Å². The molecule has 0 saturated carbocycles. The van der Waals surface area contributed by atoms with E-state index in [1.807, 2.05) is 6.07 Å². The first-order valence-electron chi connectivity index (χ1n) is 5.26. The summed E-state index contributed by atoms with van der Waals surface area (Å²) >= 11 is 9.12. The zero-order valence-corrected chi connectivity index (χ0v) is 11.3. The normalized spacial score (nSPS) is 12.7. The molecule has 1 atom stereocenters. The van der Waals surface area contributed by atoms with Gasteiger partial charge < -0.3 is 5.32 Å². The number of alkyl halides is 1. The molecule has 0 amide bonds. The molecule has 0 aliphatic carbocycles. The molecule has 0 radical (unpaired) electrons. The summed E-state index contributed by atoms with van der Waals surface area (Å²) in [4.78, 5) is 0. The van der Waals surface area contributed by atoms with Crippen LogP contribution in [0.4, 0.5) is 0 Å². The minimum atomic E-state index is 0.530.